The highest BCUT2D eigenvalue weighted by atomic mass is 79.9. The predicted molar refractivity (Wildman–Crippen MR) is 58.4 cm³/mol. The lowest BCUT2D eigenvalue weighted by molar-refractivity contribution is 0.0695. The van der Waals surface area contributed by atoms with Crippen LogP contribution in [0.1, 0.15) is 17.3 Å². The third-order valence-electron chi connectivity index (χ3n) is 2.08. The lowest BCUT2D eigenvalue weighted by atomic mass is 10.2. The first-order valence-electron chi connectivity index (χ1n) is 4.63. The predicted octanol–water partition coefficient (Wildman–Crippen LogP) is 2.27. The Morgan fingerprint density at radius 1 is 1.56 bits per heavy atom. The molecule has 0 radical (unpaired) electrons. The summed E-state index contributed by atoms with van der Waals surface area (Å²) in [5.74, 6) is 0.156. The molecule has 0 amide bonds. The van der Waals surface area contributed by atoms with Crippen LogP contribution < -0.4 is 14.2 Å². The summed E-state index contributed by atoms with van der Waals surface area (Å²) in [6.07, 6.45) is 0. The standard InChI is InChI=1S/C10H9BrO5/c1-2-14-6-3-5(10(12)13)7(11)9-8(6)15-4-16-9/h3H,2,4H2,1H3,(H,12,13). The number of carboxylic acid groups (broad SMARTS) is 1. The van der Waals surface area contributed by atoms with Gasteiger partial charge in [-0.25, -0.2) is 4.79 Å². The van der Waals surface area contributed by atoms with Crippen LogP contribution in [0.4, 0.5) is 0 Å². The molecule has 0 atom stereocenters. The van der Waals surface area contributed by atoms with Crippen molar-refractivity contribution < 1.29 is 24.1 Å². The average molecular weight is 289 g/mol. The van der Waals surface area contributed by atoms with Crippen LogP contribution in [0.15, 0.2) is 10.5 Å². The van der Waals surface area contributed by atoms with Crippen molar-refractivity contribution in [3.8, 4) is 17.2 Å². The molecule has 1 aromatic rings. The Bertz CT molecular complexity index is 443. The first-order chi connectivity index (χ1) is 7.65. The normalized spacial score (nSPS) is 12.6. The molecular weight excluding hydrogens is 280 g/mol. The summed E-state index contributed by atoms with van der Waals surface area (Å²) in [5, 5.41) is 9.01. The second-order valence-electron chi connectivity index (χ2n) is 3.04. The van der Waals surface area contributed by atoms with Crippen LogP contribution in [0.2, 0.25) is 0 Å². The molecule has 1 aliphatic heterocycles. The molecule has 1 heterocycles. The van der Waals surface area contributed by atoms with Gasteiger partial charge >= 0.3 is 5.97 Å². The number of carboxylic acids is 1. The summed E-state index contributed by atoms with van der Waals surface area (Å²) >= 11 is 3.18. The van der Waals surface area contributed by atoms with Gasteiger partial charge in [-0.2, -0.15) is 0 Å². The Morgan fingerprint density at radius 3 is 2.88 bits per heavy atom. The summed E-state index contributed by atoms with van der Waals surface area (Å²) in [6, 6.07) is 1.42. The number of aromatic carboxylic acids is 1. The number of fused-ring (bicyclic) bond motifs is 1. The second kappa shape index (κ2) is 4.21. The van der Waals surface area contributed by atoms with Crippen molar-refractivity contribution in [1.29, 1.82) is 0 Å². The van der Waals surface area contributed by atoms with E-state index in [1.165, 1.54) is 6.07 Å². The molecule has 1 aliphatic rings. The minimum absolute atomic E-state index is 0.0665. The van der Waals surface area contributed by atoms with Gasteiger partial charge in [-0.15, -0.1) is 0 Å². The number of ether oxygens (including phenoxy) is 3. The Labute approximate surface area is 100 Å². The van der Waals surface area contributed by atoms with Crippen molar-refractivity contribution in [3.05, 3.63) is 16.1 Å². The Hall–Kier alpha value is -1.43. The number of benzene rings is 1. The first-order valence-corrected chi connectivity index (χ1v) is 5.42. The minimum atomic E-state index is -1.05. The van der Waals surface area contributed by atoms with Crippen LogP contribution in [-0.2, 0) is 0 Å². The molecule has 5 nitrogen and oxygen atoms in total. The third kappa shape index (κ3) is 1.69. The number of hydrogen-bond donors (Lipinski definition) is 1. The summed E-state index contributed by atoms with van der Waals surface area (Å²) in [6.45, 7) is 2.30. The van der Waals surface area contributed by atoms with Crippen LogP contribution >= 0.6 is 15.9 Å². The van der Waals surface area contributed by atoms with Crippen molar-refractivity contribution in [2.75, 3.05) is 13.4 Å². The van der Waals surface area contributed by atoms with Crippen LogP contribution in [0, 0.1) is 0 Å². The fraction of sp³-hybridized carbons (Fsp3) is 0.300. The third-order valence-corrected chi connectivity index (χ3v) is 2.87. The molecule has 1 N–H and O–H groups in total. The van der Waals surface area contributed by atoms with Gasteiger partial charge in [0.15, 0.2) is 11.5 Å². The van der Waals surface area contributed by atoms with E-state index >= 15 is 0 Å². The summed E-state index contributed by atoms with van der Waals surface area (Å²) in [4.78, 5) is 11.0. The largest absolute Gasteiger partial charge is 0.490 e. The zero-order chi connectivity index (χ0) is 11.7. The topological polar surface area (TPSA) is 65.0 Å². The van der Waals surface area contributed by atoms with Crippen molar-refractivity contribution >= 4 is 21.9 Å². The highest BCUT2D eigenvalue weighted by Crippen LogP contribution is 2.47. The van der Waals surface area contributed by atoms with E-state index in [1.54, 1.807) is 0 Å². The molecule has 86 valence electrons. The molecule has 16 heavy (non-hydrogen) atoms. The van der Waals surface area contributed by atoms with Crippen molar-refractivity contribution in [2.45, 2.75) is 6.92 Å². The molecule has 2 rings (SSSR count). The quantitative estimate of drug-likeness (QED) is 0.924. The highest BCUT2D eigenvalue weighted by molar-refractivity contribution is 9.10. The molecule has 0 unspecified atom stereocenters. The number of rotatable bonds is 3. The van der Waals surface area contributed by atoms with E-state index in [0.717, 1.165) is 0 Å². The van der Waals surface area contributed by atoms with Gasteiger partial charge in [-0.3, -0.25) is 0 Å². The second-order valence-corrected chi connectivity index (χ2v) is 3.83. The first kappa shape index (κ1) is 11.1. The van der Waals surface area contributed by atoms with Crippen molar-refractivity contribution in [3.63, 3.8) is 0 Å². The van der Waals surface area contributed by atoms with Crippen molar-refractivity contribution in [1.82, 2.24) is 0 Å². The lowest BCUT2D eigenvalue weighted by Crippen LogP contribution is -2.01. The van der Waals surface area contributed by atoms with Crippen LogP contribution in [0.3, 0.4) is 0 Å². The van der Waals surface area contributed by atoms with Gasteiger partial charge in [-0.1, -0.05) is 0 Å². The molecule has 0 bridgehead atoms. The van der Waals surface area contributed by atoms with Gasteiger partial charge in [0.25, 0.3) is 0 Å². The van der Waals surface area contributed by atoms with E-state index in [1.807, 2.05) is 6.92 Å². The Balaban J connectivity index is 2.59. The minimum Gasteiger partial charge on any atom is -0.490 e. The maximum atomic E-state index is 11.0. The van der Waals surface area contributed by atoms with Gasteiger partial charge in [0, 0.05) is 0 Å². The molecule has 0 aromatic heterocycles. The van der Waals surface area contributed by atoms with Gasteiger partial charge in [0.2, 0.25) is 12.5 Å². The van der Waals surface area contributed by atoms with E-state index in [9.17, 15) is 4.79 Å². The van der Waals surface area contributed by atoms with E-state index in [4.69, 9.17) is 19.3 Å². The van der Waals surface area contributed by atoms with Crippen LogP contribution in [0.25, 0.3) is 0 Å². The van der Waals surface area contributed by atoms with E-state index in [-0.39, 0.29) is 12.4 Å². The van der Waals surface area contributed by atoms with E-state index in [2.05, 4.69) is 15.9 Å². The Morgan fingerprint density at radius 2 is 2.25 bits per heavy atom. The van der Waals surface area contributed by atoms with Gasteiger partial charge in [-0.05, 0) is 28.9 Å². The highest BCUT2D eigenvalue weighted by Gasteiger charge is 2.27. The maximum Gasteiger partial charge on any atom is 0.337 e. The number of carbonyl (C=O) groups is 1. The van der Waals surface area contributed by atoms with E-state index < -0.39 is 5.97 Å². The lowest BCUT2D eigenvalue weighted by Gasteiger charge is -2.09. The zero-order valence-corrected chi connectivity index (χ0v) is 10.0. The van der Waals surface area contributed by atoms with Gasteiger partial charge in [0.05, 0.1) is 16.6 Å². The van der Waals surface area contributed by atoms with Gasteiger partial charge in [0.1, 0.15) is 0 Å². The van der Waals surface area contributed by atoms with Crippen LogP contribution in [0.5, 0.6) is 17.2 Å². The zero-order valence-electron chi connectivity index (χ0n) is 8.45. The molecule has 0 spiro atoms. The van der Waals surface area contributed by atoms with Crippen molar-refractivity contribution in [2.24, 2.45) is 0 Å². The summed E-state index contributed by atoms with van der Waals surface area (Å²) < 4.78 is 16.1. The molecule has 0 aliphatic carbocycles. The number of hydrogen-bond acceptors (Lipinski definition) is 4. The van der Waals surface area contributed by atoms with Crippen LogP contribution in [-0.4, -0.2) is 24.5 Å². The smallest absolute Gasteiger partial charge is 0.337 e. The SMILES string of the molecule is CCOc1cc(C(=O)O)c(Br)c2c1OCO2. The molecule has 1 aromatic carbocycles. The average Bonchev–Trinajstić information content (AvgIpc) is 2.71. The molecule has 0 fully saturated rings. The molecular formula is C10H9BrO5. The molecule has 0 saturated heterocycles. The monoisotopic (exact) mass is 288 g/mol. The van der Waals surface area contributed by atoms with E-state index in [0.29, 0.717) is 28.3 Å². The van der Waals surface area contributed by atoms with Gasteiger partial charge < -0.3 is 19.3 Å². The number of halogens is 1. The maximum absolute atomic E-state index is 11.0. The Kier molecular flexibility index (Phi) is 2.91. The molecule has 6 heteroatoms. The summed E-state index contributed by atoms with van der Waals surface area (Å²) in [7, 11) is 0. The fourth-order valence-corrected chi connectivity index (χ4v) is 2.00. The summed E-state index contributed by atoms with van der Waals surface area (Å²) in [5.41, 5.74) is 0.0905. The molecule has 0 saturated carbocycles. The fourth-order valence-electron chi connectivity index (χ4n) is 1.43.